The third-order valence-corrected chi connectivity index (χ3v) is 3.43. The lowest BCUT2D eigenvalue weighted by atomic mass is 9.85. The molecule has 1 aliphatic carbocycles. The smallest absolute Gasteiger partial charge is 0.167 e. The zero-order valence-electron chi connectivity index (χ0n) is 6.50. The van der Waals surface area contributed by atoms with E-state index < -0.39 is 0 Å². The molecule has 0 atom stereocenters. The van der Waals surface area contributed by atoms with Crippen molar-refractivity contribution in [1.29, 1.82) is 0 Å². The second kappa shape index (κ2) is 3.34. The molecule has 5 heteroatoms. The van der Waals surface area contributed by atoms with Gasteiger partial charge in [-0.25, -0.2) is 4.68 Å². The minimum Gasteiger partial charge on any atom is -0.232 e. The van der Waals surface area contributed by atoms with Crippen LogP contribution in [0, 0.1) is 5.92 Å². The van der Waals surface area contributed by atoms with Gasteiger partial charge >= 0.3 is 0 Å². The summed E-state index contributed by atoms with van der Waals surface area (Å²) in [7, 11) is 0. The van der Waals surface area contributed by atoms with Gasteiger partial charge in [-0.15, -0.1) is 5.10 Å². The number of hydrogen-bond donors (Lipinski definition) is 0. The summed E-state index contributed by atoms with van der Waals surface area (Å²) in [6.07, 6.45) is 3.94. The van der Waals surface area contributed by atoms with Crippen molar-refractivity contribution in [3.8, 4) is 0 Å². The molecular formula is C7H9BrClN3. The zero-order valence-corrected chi connectivity index (χ0v) is 8.85. The molecule has 12 heavy (non-hydrogen) atoms. The number of halogens is 2. The van der Waals surface area contributed by atoms with Gasteiger partial charge < -0.3 is 0 Å². The molecule has 1 aromatic rings. The predicted octanol–water partition coefficient (Wildman–Crippen LogP) is 2.49. The summed E-state index contributed by atoms with van der Waals surface area (Å²) < 4.78 is 2.40. The van der Waals surface area contributed by atoms with E-state index in [2.05, 4.69) is 26.2 Å². The van der Waals surface area contributed by atoms with Crippen molar-refractivity contribution in [3.05, 3.63) is 9.76 Å². The van der Waals surface area contributed by atoms with Gasteiger partial charge in [0, 0.05) is 6.54 Å². The Kier molecular flexibility index (Phi) is 2.37. The largest absolute Gasteiger partial charge is 0.232 e. The van der Waals surface area contributed by atoms with Crippen LogP contribution < -0.4 is 0 Å². The van der Waals surface area contributed by atoms with E-state index in [4.69, 9.17) is 11.6 Å². The lowest BCUT2D eigenvalue weighted by Gasteiger charge is -2.24. The normalized spacial score (nSPS) is 17.8. The molecule has 3 nitrogen and oxygen atoms in total. The molecule has 1 fully saturated rings. The topological polar surface area (TPSA) is 30.7 Å². The second-order valence-electron chi connectivity index (χ2n) is 3.15. The first kappa shape index (κ1) is 8.51. The van der Waals surface area contributed by atoms with Gasteiger partial charge in [0.15, 0.2) is 9.76 Å². The van der Waals surface area contributed by atoms with Crippen LogP contribution in [-0.2, 0) is 6.54 Å². The highest BCUT2D eigenvalue weighted by molar-refractivity contribution is 9.10. The lowest BCUT2D eigenvalue weighted by molar-refractivity contribution is 0.264. The van der Waals surface area contributed by atoms with Crippen molar-refractivity contribution in [2.45, 2.75) is 25.8 Å². The van der Waals surface area contributed by atoms with Crippen molar-refractivity contribution in [2.75, 3.05) is 0 Å². The van der Waals surface area contributed by atoms with Crippen molar-refractivity contribution < 1.29 is 0 Å². The molecule has 0 aliphatic heterocycles. The average Bonchev–Trinajstić information content (AvgIpc) is 2.27. The highest BCUT2D eigenvalue weighted by Crippen LogP contribution is 2.29. The van der Waals surface area contributed by atoms with Gasteiger partial charge in [-0.2, -0.15) is 0 Å². The van der Waals surface area contributed by atoms with E-state index in [0.717, 1.165) is 12.5 Å². The monoisotopic (exact) mass is 249 g/mol. The summed E-state index contributed by atoms with van der Waals surface area (Å²) >= 11 is 9.14. The van der Waals surface area contributed by atoms with Crippen LogP contribution in [0.1, 0.15) is 19.3 Å². The molecule has 66 valence electrons. The van der Waals surface area contributed by atoms with Gasteiger partial charge in [-0.05, 0) is 34.7 Å². The van der Waals surface area contributed by atoms with Crippen LogP contribution in [0.5, 0.6) is 0 Å². The van der Waals surface area contributed by atoms with E-state index >= 15 is 0 Å². The number of aromatic nitrogens is 3. The molecule has 0 aromatic carbocycles. The number of rotatable bonds is 2. The van der Waals surface area contributed by atoms with Gasteiger partial charge in [0.25, 0.3) is 0 Å². The molecule has 0 saturated heterocycles. The van der Waals surface area contributed by atoms with Crippen LogP contribution in [0.4, 0.5) is 0 Å². The maximum Gasteiger partial charge on any atom is 0.167 e. The Morgan fingerprint density at radius 3 is 2.75 bits per heavy atom. The molecule has 1 saturated carbocycles. The van der Waals surface area contributed by atoms with E-state index in [0.29, 0.717) is 9.76 Å². The fraction of sp³-hybridized carbons (Fsp3) is 0.714. The molecular weight excluding hydrogens is 241 g/mol. The van der Waals surface area contributed by atoms with Crippen LogP contribution in [0.15, 0.2) is 4.60 Å². The number of hydrogen-bond acceptors (Lipinski definition) is 2. The predicted molar refractivity (Wildman–Crippen MR) is 50.1 cm³/mol. The Labute approximate surface area is 84.2 Å². The summed E-state index contributed by atoms with van der Waals surface area (Å²) in [6, 6.07) is 0. The van der Waals surface area contributed by atoms with E-state index in [-0.39, 0.29) is 0 Å². The summed E-state index contributed by atoms with van der Waals surface area (Å²) in [4.78, 5) is 0. The summed E-state index contributed by atoms with van der Waals surface area (Å²) in [5, 5.41) is 8.36. The van der Waals surface area contributed by atoms with Crippen molar-refractivity contribution >= 4 is 27.5 Å². The maximum atomic E-state index is 5.93. The Morgan fingerprint density at radius 1 is 1.58 bits per heavy atom. The highest BCUT2D eigenvalue weighted by atomic mass is 79.9. The quantitative estimate of drug-likeness (QED) is 0.807. The molecule has 0 bridgehead atoms. The maximum absolute atomic E-state index is 5.93. The van der Waals surface area contributed by atoms with Crippen LogP contribution in [-0.4, -0.2) is 15.0 Å². The minimum atomic E-state index is 0.613. The third-order valence-electron chi connectivity index (χ3n) is 2.29. The average molecular weight is 251 g/mol. The molecule has 2 rings (SSSR count). The Bertz CT molecular complexity index is 282. The first-order chi connectivity index (χ1) is 5.77. The van der Waals surface area contributed by atoms with Crippen molar-refractivity contribution in [3.63, 3.8) is 0 Å². The van der Waals surface area contributed by atoms with Crippen LogP contribution in [0.3, 0.4) is 0 Å². The van der Waals surface area contributed by atoms with Gasteiger partial charge in [0.1, 0.15) is 0 Å². The molecule has 0 radical (unpaired) electrons. The van der Waals surface area contributed by atoms with Gasteiger partial charge in [0.05, 0.1) is 0 Å². The highest BCUT2D eigenvalue weighted by Gasteiger charge is 2.20. The van der Waals surface area contributed by atoms with Gasteiger partial charge in [-0.1, -0.05) is 23.2 Å². The lowest BCUT2D eigenvalue weighted by Crippen LogP contribution is -2.18. The Balaban J connectivity index is 2.06. The SMILES string of the molecule is Clc1c(Br)nnn1CC1CCC1. The molecule has 0 spiro atoms. The molecule has 1 heterocycles. The van der Waals surface area contributed by atoms with E-state index in [1.165, 1.54) is 19.3 Å². The van der Waals surface area contributed by atoms with Gasteiger partial charge in [-0.3, -0.25) is 0 Å². The molecule has 1 aliphatic rings. The van der Waals surface area contributed by atoms with Crippen molar-refractivity contribution in [1.82, 2.24) is 15.0 Å². The van der Waals surface area contributed by atoms with E-state index in [1.807, 2.05) is 0 Å². The van der Waals surface area contributed by atoms with Crippen LogP contribution >= 0.6 is 27.5 Å². The Hall–Kier alpha value is -0.0900. The van der Waals surface area contributed by atoms with Crippen LogP contribution in [0.25, 0.3) is 0 Å². The van der Waals surface area contributed by atoms with E-state index in [1.54, 1.807) is 4.68 Å². The van der Waals surface area contributed by atoms with Crippen molar-refractivity contribution in [2.24, 2.45) is 5.92 Å². The first-order valence-electron chi connectivity index (χ1n) is 4.02. The summed E-state index contributed by atoms with van der Waals surface area (Å²) in [6.45, 7) is 0.914. The number of nitrogens with zero attached hydrogens (tertiary/aromatic N) is 3. The van der Waals surface area contributed by atoms with Crippen LogP contribution in [0.2, 0.25) is 5.15 Å². The third kappa shape index (κ3) is 1.50. The minimum absolute atomic E-state index is 0.613. The van der Waals surface area contributed by atoms with Gasteiger partial charge in [0.2, 0.25) is 0 Å². The first-order valence-corrected chi connectivity index (χ1v) is 5.19. The standard InChI is InChI=1S/C7H9BrClN3/c8-6-7(9)12(11-10-6)4-5-2-1-3-5/h5H,1-4H2. The van der Waals surface area contributed by atoms with E-state index in [9.17, 15) is 0 Å². The zero-order chi connectivity index (χ0) is 8.55. The molecule has 0 N–H and O–H groups in total. The second-order valence-corrected chi connectivity index (χ2v) is 4.26. The molecule has 1 aromatic heterocycles. The Morgan fingerprint density at radius 2 is 2.33 bits per heavy atom. The summed E-state index contributed by atoms with van der Waals surface area (Å²) in [5.41, 5.74) is 0. The summed E-state index contributed by atoms with van der Waals surface area (Å²) in [5.74, 6) is 0.760. The fourth-order valence-electron chi connectivity index (χ4n) is 1.32. The molecule has 0 amide bonds. The fourth-order valence-corrected chi connectivity index (χ4v) is 1.73. The molecule has 0 unspecified atom stereocenters.